The van der Waals surface area contributed by atoms with Crippen molar-refractivity contribution in [3.05, 3.63) is 34.2 Å². The topological polar surface area (TPSA) is 87.0 Å². The zero-order chi connectivity index (χ0) is 14.9. The number of fused-ring (bicyclic) bond motifs is 1. The molecule has 0 amide bonds. The van der Waals surface area contributed by atoms with Crippen molar-refractivity contribution < 1.29 is 9.53 Å². The summed E-state index contributed by atoms with van der Waals surface area (Å²) in [6, 6.07) is 5.58. The fourth-order valence-corrected chi connectivity index (χ4v) is 2.26. The number of esters is 1. The molecule has 6 heteroatoms. The van der Waals surface area contributed by atoms with Crippen LogP contribution in [0.15, 0.2) is 23.0 Å². The molecular weight excluding hydrogens is 258 g/mol. The number of hydrogen-bond donors (Lipinski definition) is 3. The molecule has 0 aliphatic rings. The van der Waals surface area contributed by atoms with E-state index in [-0.39, 0.29) is 17.7 Å². The lowest BCUT2D eigenvalue weighted by Gasteiger charge is -2.27. The molecular formula is C14H19N3O3. The molecule has 2 aromatic rings. The molecule has 0 radical (unpaired) electrons. The summed E-state index contributed by atoms with van der Waals surface area (Å²) in [5.41, 5.74) is 1.47. The minimum absolute atomic E-state index is 0.0631. The van der Waals surface area contributed by atoms with Gasteiger partial charge in [0.2, 0.25) is 0 Å². The highest BCUT2D eigenvalue weighted by Gasteiger charge is 2.30. The Balaban J connectivity index is 2.24. The van der Waals surface area contributed by atoms with Crippen molar-refractivity contribution in [3.8, 4) is 0 Å². The minimum Gasteiger partial charge on any atom is -0.468 e. The van der Waals surface area contributed by atoms with E-state index >= 15 is 0 Å². The third kappa shape index (κ3) is 2.75. The fourth-order valence-electron chi connectivity index (χ4n) is 2.26. The lowest BCUT2D eigenvalue weighted by atomic mass is 10.0. The smallest absolute Gasteiger partial charge is 0.325 e. The van der Waals surface area contributed by atoms with Crippen molar-refractivity contribution in [1.82, 2.24) is 15.3 Å². The van der Waals surface area contributed by atoms with Crippen LogP contribution in [0.5, 0.6) is 0 Å². The first-order valence-electron chi connectivity index (χ1n) is 6.41. The standard InChI is InChI=1S/C14H19N3O3/c1-8(17-14(2,3)12(18)20-4)9-5-6-10-11(7-9)16-13(19)15-10/h5-8,17H,1-4H3,(H2,15,16,19). The molecule has 0 aliphatic carbocycles. The Hall–Kier alpha value is -2.08. The van der Waals surface area contributed by atoms with E-state index in [2.05, 4.69) is 15.3 Å². The zero-order valence-electron chi connectivity index (χ0n) is 12.0. The molecule has 0 saturated carbocycles. The van der Waals surface area contributed by atoms with Crippen LogP contribution in [-0.2, 0) is 9.53 Å². The first-order chi connectivity index (χ1) is 9.33. The summed E-state index contributed by atoms with van der Waals surface area (Å²) in [5, 5.41) is 3.22. The van der Waals surface area contributed by atoms with Crippen LogP contribution >= 0.6 is 0 Å². The van der Waals surface area contributed by atoms with Crippen LogP contribution in [0.1, 0.15) is 32.4 Å². The minimum atomic E-state index is -0.783. The van der Waals surface area contributed by atoms with Crippen LogP contribution in [0, 0.1) is 0 Å². The molecule has 0 bridgehead atoms. The summed E-state index contributed by atoms with van der Waals surface area (Å²) in [4.78, 5) is 28.3. The van der Waals surface area contributed by atoms with Gasteiger partial charge in [-0.25, -0.2) is 4.79 Å². The van der Waals surface area contributed by atoms with Crippen LogP contribution in [0.25, 0.3) is 11.0 Å². The van der Waals surface area contributed by atoms with E-state index in [1.54, 1.807) is 13.8 Å². The normalized spacial score (nSPS) is 13.4. The van der Waals surface area contributed by atoms with Crippen LogP contribution in [0.4, 0.5) is 0 Å². The van der Waals surface area contributed by atoms with Gasteiger partial charge in [-0.05, 0) is 38.5 Å². The van der Waals surface area contributed by atoms with Gasteiger partial charge in [-0.1, -0.05) is 6.07 Å². The van der Waals surface area contributed by atoms with Crippen molar-refractivity contribution in [2.45, 2.75) is 32.4 Å². The first-order valence-corrected chi connectivity index (χ1v) is 6.41. The largest absolute Gasteiger partial charge is 0.468 e. The number of carbonyl (C=O) groups is 1. The van der Waals surface area contributed by atoms with Gasteiger partial charge >= 0.3 is 11.7 Å². The zero-order valence-corrected chi connectivity index (χ0v) is 12.0. The summed E-state index contributed by atoms with van der Waals surface area (Å²) in [6.07, 6.45) is 0. The second-order valence-electron chi connectivity index (χ2n) is 5.37. The molecule has 0 saturated heterocycles. The monoisotopic (exact) mass is 277 g/mol. The van der Waals surface area contributed by atoms with E-state index in [0.29, 0.717) is 0 Å². The third-order valence-electron chi connectivity index (χ3n) is 3.31. The van der Waals surface area contributed by atoms with Gasteiger partial charge < -0.3 is 14.7 Å². The molecule has 2 rings (SSSR count). The van der Waals surface area contributed by atoms with E-state index in [0.717, 1.165) is 16.6 Å². The summed E-state index contributed by atoms with van der Waals surface area (Å²) < 4.78 is 4.77. The van der Waals surface area contributed by atoms with Gasteiger partial charge in [-0.3, -0.25) is 10.1 Å². The maximum Gasteiger partial charge on any atom is 0.325 e. The maximum absolute atomic E-state index is 11.7. The number of aromatic nitrogens is 2. The predicted molar refractivity (Wildman–Crippen MR) is 76.6 cm³/mol. The molecule has 0 aliphatic heterocycles. The summed E-state index contributed by atoms with van der Waals surface area (Å²) in [6.45, 7) is 5.49. The maximum atomic E-state index is 11.7. The highest BCUT2D eigenvalue weighted by molar-refractivity contribution is 5.80. The van der Waals surface area contributed by atoms with E-state index in [4.69, 9.17) is 4.74 Å². The van der Waals surface area contributed by atoms with Crippen molar-refractivity contribution in [2.75, 3.05) is 7.11 Å². The van der Waals surface area contributed by atoms with Gasteiger partial charge in [0.05, 0.1) is 18.1 Å². The Morgan fingerprint density at radius 2 is 1.95 bits per heavy atom. The van der Waals surface area contributed by atoms with Crippen molar-refractivity contribution in [1.29, 1.82) is 0 Å². The lowest BCUT2D eigenvalue weighted by Crippen LogP contribution is -2.48. The van der Waals surface area contributed by atoms with Gasteiger partial charge in [0.15, 0.2) is 0 Å². The predicted octanol–water partition coefficient (Wildman–Crippen LogP) is 1.46. The lowest BCUT2D eigenvalue weighted by molar-refractivity contribution is -0.147. The molecule has 0 fully saturated rings. The van der Waals surface area contributed by atoms with Crippen LogP contribution in [0.3, 0.4) is 0 Å². The summed E-state index contributed by atoms with van der Waals surface area (Å²) in [5.74, 6) is -0.319. The van der Waals surface area contributed by atoms with Crippen LogP contribution in [0.2, 0.25) is 0 Å². The number of carbonyl (C=O) groups excluding carboxylic acids is 1. The van der Waals surface area contributed by atoms with Crippen molar-refractivity contribution in [3.63, 3.8) is 0 Å². The van der Waals surface area contributed by atoms with Crippen molar-refractivity contribution in [2.24, 2.45) is 0 Å². The highest BCUT2D eigenvalue weighted by Crippen LogP contribution is 2.20. The Bertz CT molecular complexity index is 684. The second-order valence-corrected chi connectivity index (χ2v) is 5.37. The number of H-pyrrole nitrogens is 2. The van der Waals surface area contributed by atoms with E-state index in [9.17, 15) is 9.59 Å². The van der Waals surface area contributed by atoms with E-state index < -0.39 is 5.54 Å². The molecule has 1 aromatic carbocycles. The van der Waals surface area contributed by atoms with Gasteiger partial charge in [0.25, 0.3) is 0 Å². The molecule has 3 N–H and O–H groups in total. The van der Waals surface area contributed by atoms with Gasteiger partial charge in [-0.2, -0.15) is 0 Å². The molecule has 20 heavy (non-hydrogen) atoms. The fraction of sp³-hybridized carbons (Fsp3) is 0.429. The Morgan fingerprint density at radius 1 is 1.30 bits per heavy atom. The SMILES string of the molecule is COC(=O)C(C)(C)NC(C)c1ccc2[nH]c(=O)[nH]c2c1. The van der Waals surface area contributed by atoms with Gasteiger partial charge in [0.1, 0.15) is 5.54 Å². The van der Waals surface area contributed by atoms with E-state index in [1.165, 1.54) is 7.11 Å². The number of nitrogens with one attached hydrogen (secondary N) is 3. The molecule has 108 valence electrons. The number of hydrogen-bond acceptors (Lipinski definition) is 4. The number of rotatable bonds is 4. The third-order valence-corrected chi connectivity index (χ3v) is 3.31. The van der Waals surface area contributed by atoms with Gasteiger partial charge in [-0.15, -0.1) is 0 Å². The number of benzene rings is 1. The number of methoxy groups -OCH3 is 1. The summed E-state index contributed by atoms with van der Waals surface area (Å²) in [7, 11) is 1.37. The van der Waals surface area contributed by atoms with Crippen LogP contribution < -0.4 is 11.0 Å². The number of imidazole rings is 1. The average molecular weight is 277 g/mol. The molecule has 1 atom stereocenters. The molecule has 6 nitrogen and oxygen atoms in total. The average Bonchev–Trinajstić information content (AvgIpc) is 2.75. The Morgan fingerprint density at radius 3 is 2.60 bits per heavy atom. The molecule has 0 spiro atoms. The Kier molecular flexibility index (Phi) is 3.67. The van der Waals surface area contributed by atoms with E-state index in [1.807, 2.05) is 25.1 Å². The summed E-state index contributed by atoms with van der Waals surface area (Å²) >= 11 is 0. The molecule has 1 heterocycles. The number of ether oxygens (including phenoxy) is 1. The molecule has 1 aromatic heterocycles. The number of aromatic amines is 2. The van der Waals surface area contributed by atoms with Gasteiger partial charge in [0, 0.05) is 6.04 Å². The first kappa shape index (κ1) is 14.3. The van der Waals surface area contributed by atoms with Crippen LogP contribution in [-0.4, -0.2) is 28.6 Å². The highest BCUT2D eigenvalue weighted by atomic mass is 16.5. The molecule has 1 unspecified atom stereocenters. The quantitative estimate of drug-likeness (QED) is 0.738. The Labute approximate surface area is 116 Å². The van der Waals surface area contributed by atoms with Crippen molar-refractivity contribution >= 4 is 17.0 Å². The second kappa shape index (κ2) is 5.13.